The third kappa shape index (κ3) is 6.13. The first-order chi connectivity index (χ1) is 8.83. The van der Waals surface area contributed by atoms with Crippen LogP contribution in [0.15, 0.2) is 0 Å². The Hall–Kier alpha value is -0.290. The molecule has 0 aromatic heterocycles. The van der Waals surface area contributed by atoms with E-state index in [0.29, 0.717) is 11.8 Å². The highest BCUT2D eigenvalue weighted by molar-refractivity contribution is 4.86. The molecule has 0 spiro atoms. The molecule has 0 aromatic carbocycles. The molecular formula is C14H26F3NO. The molecule has 5 heteroatoms. The van der Waals surface area contributed by atoms with E-state index in [1.165, 1.54) is 6.42 Å². The van der Waals surface area contributed by atoms with Gasteiger partial charge in [0, 0.05) is 19.1 Å². The summed E-state index contributed by atoms with van der Waals surface area (Å²) >= 11 is 0. The van der Waals surface area contributed by atoms with E-state index in [9.17, 15) is 13.2 Å². The van der Waals surface area contributed by atoms with E-state index in [1.807, 2.05) is 7.05 Å². The molecule has 3 atom stereocenters. The Labute approximate surface area is 114 Å². The molecule has 1 fully saturated rings. The van der Waals surface area contributed by atoms with Gasteiger partial charge in [0.2, 0.25) is 0 Å². The second-order valence-electron chi connectivity index (χ2n) is 5.84. The number of hydrogen-bond acceptors (Lipinski definition) is 2. The first kappa shape index (κ1) is 16.8. The first-order valence-corrected chi connectivity index (χ1v) is 7.19. The minimum absolute atomic E-state index is 0.0550. The highest BCUT2D eigenvalue weighted by Crippen LogP contribution is 2.32. The van der Waals surface area contributed by atoms with Crippen molar-refractivity contribution in [1.29, 1.82) is 0 Å². The van der Waals surface area contributed by atoms with Crippen LogP contribution < -0.4 is 5.32 Å². The fraction of sp³-hybridized carbons (Fsp3) is 1.00. The van der Waals surface area contributed by atoms with E-state index in [1.54, 1.807) is 0 Å². The summed E-state index contributed by atoms with van der Waals surface area (Å²) in [5, 5.41) is 3.22. The summed E-state index contributed by atoms with van der Waals surface area (Å²) in [4.78, 5) is 0. The molecule has 1 saturated carbocycles. The maximum Gasteiger partial charge on any atom is 0.389 e. The van der Waals surface area contributed by atoms with E-state index in [2.05, 4.69) is 19.2 Å². The molecule has 1 N–H and O–H groups in total. The van der Waals surface area contributed by atoms with Gasteiger partial charge in [-0.05, 0) is 44.6 Å². The Balaban J connectivity index is 2.35. The predicted octanol–water partition coefficient (Wildman–Crippen LogP) is 3.76. The number of ether oxygens (including phenoxy) is 1. The molecule has 0 aliphatic heterocycles. The summed E-state index contributed by atoms with van der Waals surface area (Å²) in [7, 11) is 1.90. The Morgan fingerprint density at radius 3 is 2.47 bits per heavy atom. The van der Waals surface area contributed by atoms with Crippen molar-refractivity contribution in [2.24, 2.45) is 11.8 Å². The van der Waals surface area contributed by atoms with Crippen LogP contribution in [0.4, 0.5) is 13.2 Å². The SMILES string of the molecule is CNC1CCC(C(C)C)CC1OCCCC(F)(F)F. The average Bonchev–Trinajstić information content (AvgIpc) is 2.33. The number of alkyl halides is 3. The molecule has 0 bridgehead atoms. The van der Waals surface area contributed by atoms with Gasteiger partial charge < -0.3 is 10.1 Å². The lowest BCUT2D eigenvalue weighted by Crippen LogP contribution is -2.45. The van der Waals surface area contributed by atoms with Crippen molar-refractivity contribution in [3.05, 3.63) is 0 Å². The molecule has 0 aromatic rings. The molecular weight excluding hydrogens is 255 g/mol. The molecule has 2 nitrogen and oxygen atoms in total. The second kappa shape index (κ2) is 7.48. The summed E-state index contributed by atoms with van der Waals surface area (Å²) in [5.74, 6) is 1.23. The van der Waals surface area contributed by atoms with Crippen molar-refractivity contribution in [2.45, 2.75) is 64.3 Å². The third-order valence-corrected chi connectivity index (χ3v) is 4.08. The third-order valence-electron chi connectivity index (χ3n) is 4.08. The zero-order chi connectivity index (χ0) is 14.5. The predicted molar refractivity (Wildman–Crippen MR) is 70.1 cm³/mol. The lowest BCUT2D eigenvalue weighted by atomic mass is 9.78. The lowest BCUT2D eigenvalue weighted by Gasteiger charge is -2.37. The van der Waals surface area contributed by atoms with E-state index >= 15 is 0 Å². The minimum Gasteiger partial charge on any atom is -0.377 e. The van der Waals surface area contributed by atoms with Crippen LogP contribution in [0.3, 0.4) is 0 Å². The maximum atomic E-state index is 12.1. The highest BCUT2D eigenvalue weighted by Gasteiger charge is 2.32. The van der Waals surface area contributed by atoms with Crippen LogP contribution in [0.5, 0.6) is 0 Å². The molecule has 0 amide bonds. The van der Waals surface area contributed by atoms with Gasteiger partial charge in [-0.3, -0.25) is 0 Å². The Morgan fingerprint density at radius 2 is 1.95 bits per heavy atom. The van der Waals surface area contributed by atoms with E-state index in [-0.39, 0.29) is 25.2 Å². The van der Waals surface area contributed by atoms with Crippen LogP contribution in [0.2, 0.25) is 0 Å². The molecule has 19 heavy (non-hydrogen) atoms. The topological polar surface area (TPSA) is 21.3 Å². The van der Waals surface area contributed by atoms with E-state index in [0.717, 1.165) is 12.8 Å². The van der Waals surface area contributed by atoms with E-state index in [4.69, 9.17) is 4.74 Å². The van der Waals surface area contributed by atoms with Gasteiger partial charge in [-0.1, -0.05) is 13.8 Å². The Kier molecular flexibility index (Phi) is 6.60. The van der Waals surface area contributed by atoms with Gasteiger partial charge in [-0.25, -0.2) is 0 Å². The molecule has 0 saturated heterocycles. The van der Waals surface area contributed by atoms with E-state index < -0.39 is 12.6 Å². The van der Waals surface area contributed by atoms with Gasteiger partial charge in [0.25, 0.3) is 0 Å². The smallest absolute Gasteiger partial charge is 0.377 e. The van der Waals surface area contributed by atoms with Gasteiger partial charge in [-0.2, -0.15) is 13.2 Å². The summed E-state index contributed by atoms with van der Waals surface area (Å²) < 4.78 is 41.9. The van der Waals surface area contributed by atoms with Gasteiger partial charge in [0.05, 0.1) is 6.10 Å². The monoisotopic (exact) mass is 281 g/mol. The molecule has 1 aliphatic rings. The van der Waals surface area contributed by atoms with Crippen molar-refractivity contribution in [3.8, 4) is 0 Å². The minimum atomic E-state index is -4.07. The van der Waals surface area contributed by atoms with Crippen LogP contribution in [-0.2, 0) is 4.74 Å². The van der Waals surface area contributed by atoms with Crippen molar-refractivity contribution >= 4 is 0 Å². The van der Waals surface area contributed by atoms with Crippen LogP contribution in [-0.4, -0.2) is 32.0 Å². The normalized spacial score (nSPS) is 28.9. The van der Waals surface area contributed by atoms with Gasteiger partial charge in [0.15, 0.2) is 0 Å². The molecule has 0 heterocycles. The Morgan fingerprint density at radius 1 is 1.26 bits per heavy atom. The van der Waals surface area contributed by atoms with Crippen LogP contribution in [0, 0.1) is 11.8 Å². The summed E-state index contributed by atoms with van der Waals surface area (Å²) in [6, 6.07) is 0.279. The lowest BCUT2D eigenvalue weighted by molar-refractivity contribution is -0.139. The van der Waals surface area contributed by atoms with Crippen molar-refractivity contribution < 1.29 is 17.9 Å². The van der Waals surface area contributed by atoms with Crippen molar-refractivity contribution in [1.82, 2.24) is 5.32 Å². The van der Waals surface area contributed by atoms with Crippen LogP contribution in [0.25, 0.3) is 0 Å². The van der Waals surface area contributed by atoms with Crippen molar-refractivity contribution in [3.63, 3.8) is 0 Å². The fourth-order valence-electron chi connectivity index (χ4n) is 2.79. The largest absolute Gasteiger partial charge is 0.389 e. The summed E-state index contributed by atoms with van der Waals surface area (Å²) in [6.07, 6.45) is -1.54. The number of rotatable bonds is 6. The standard InChI is InChI=1S/C14H26F3NO/c1-10(2)11-5-6-12(18-3)13(9-11)19-8-4-7-14(15,16)17/h10-13,18H,4-9H2,1-3H3. The number of nitrogens with one attached hydrogen (secondary N) is 1. The van der Waals surface area contributed by atoms with Crippen LogP contribution >= 0.6 is 0 Å². The average molecular weight is 281 g/mol. The van der Waals surface area contributed by atoms with Gasteiger partial charge >= 0.3 is 6.18 Å². The molecule has 1 aliphatic carbocycles. The molecule has 1 rings (SSSR count). The zero-order valence-corrected chi connectivity index (χ0v) is 12.1. The molecule has 0 radical (unpaired) electrons. The van der Waals surface area contributed by atoms with Gasteiger partial charge in [-0.15, -0.1) is 0 Å². The number of halogens is 3. The highest BCUT2D eigenvalue weighted by atomic mass is 19.4. The maximum absolute atomic E-state index is 12.1. The number of hydrogen-bond donors (Lipinski definition) is 1. The Bertz CT molecular complexity index is 256. The second-order valence-corrected chi connectivity index (χ2v) is 5.84. The zero-order valence-electron chi connectivity index (χ0n) is 12.1. The summed E-state index contributed by atoms with van der Waals surface area (Å²) in [5.41, 5.74) is 0. The quantitative estimate of drug-likeness (QED) is 0.749. The molecule has 114 valence electrons. The molecule has 3 unspecified atom stereocenters. The number of likely N-dealkylation sites (N-methyl/N-ethyl adjacent to an activating group) is 1. The fourth-order valence-corrected chi connectivity index (χ4v) is 2.79. The van der Waals surface area contributed by atoms with Crippen LogP contribution in [0.1, 0.15) is 46.0 Å². The van der Waals surface area contributed by atoms with Crippen molar-refractivity contribution in [2.75, 3.05) is 13.7 Å². The first-order valence-electron chi connectivity index (χ1n) is 7.19. The van der Waals surface area contributed by atoms with Gasteiger partial charge in [0.1, 0.15) is 0 Å². The summed E-state index contributed by atoms with van der Waals surface area (Å²) in [6.45, 7) is 4.60.